The number of carbonyl (C=O) groups excluding carboxylic acids is 1. The van der Waals surface area contributed by atoms with Crippen molar-refractivity contribution in [1.29, 1.82) is 0 Å². The highest BCUT2D eigenvalue weighted by molar-refractivity contribution is 5.74. The van der Waals surface area contributed by atoms with E-state index in [2.05, 4.69) is 27.4 Å². The van der Waals surface area contributed by atoms with E-state index in [9.17, 15) is 4.79 Å². The molecule has 0 saturated carbocycles. The molecule has 1 unspecified atom stereocenters. The summed E-state index contributed by atoms with van der Waals surface area (Å²) in [6.45, 7) is 5.08. The molecule has 0 radical (unpaired) electrons. The normalized spacial score (nSPS) is 16.8. The highest BCUT2D eigenvalue weighted by Crippen LogP contribution is 2.17. The van der Waals surface area contributed by atoms with E-state index in [4.69, 9.17) is 4.74 Å². The second-order valence-corrected chi connectivity index (χ2v) is 6.36. The number of nitrogens with one attached hydrogen (secondary N) is 1. The monoisotopic (exact) mass is 340 g/mol. The molecule has 1 aromatic carbocycles. The van der Waals surface area contributed by atoms with E-state index in [1.165, 1.54) is 5.56 Å². The Morgan fingerprint density at radius 1 is 1.32 bits per heavy atom. The number of rotatable bonds is 6. The fourth-order valence-corrected chi connectivity index (χ4v) is 2.95. The van der Waals surface area contributed by atoms with Gasteiger partial charge in [-0.2, -0.15) is 0 Å². The largest absolute Gasteiger partial charge is 0.376 e. The lowest BCUT2D eigenvalue weighted by Crippen LogP contribution is -2.38. The Balaban J connectivity index is 1.37. The van der Waals surface area contributed by atoms with Crippen LogP contribution in [0.3, 0.4) is 0 Å². The number of hydrogen-bond acceptors (Lipinski definition) is 4. The molecule has 1 aliphatic heterocycles. The van der Waals surface area contributed by atoms with Crippen LogP contribution < -0.4 is 5.32 Å². The quantitative estimate of drug-likeness (QED) is 0.877. The van der Waals surface area contributed by atoms with Gasteiger partial charge in [-0.15, -0.1) is 0 Å². The van der Waals surface area contributed by atoms with Crippen molar-refractivity contribution in [3.63, 3.8) is 0 Å². The minimum Gasteiger partial charge on any atom is -0.376 e. The fraction of sp³-hybridized carbons (Fsp3) is 0.421. The standard InChI is InChI=1S/C19H24N4O2/c1-15-20-9-7-18(22-15)11-21-19(24)23-10-8-17(12-23)14-25-13-16-5-3-2-4-6-16/h2-7,9,17H,8,10-14H2,1H3,(H,21,24). The predicted molar refractivity (Wildman–Crippen MR) is 94.8 cm³/mol. The Kier molecular flexibility index (Phi) is 5.95. The van der Waals surface area contributed by atoms with E-state index in [0.717, 1.165) is 25.2 Å². The molecule has 2 aromatic rings. The number of ether oxygens (including phenoxy) is 1. The molecule has 1 atom stereocenters. The molecule has 6 heteroatoms. The van der Waals surface area contributed by atoms with Crippen molar-refractivity contribution in [2.75, 3.05) is 19.7 Å². The summed E-state index contributed by atoms with van der Waals surface area (Å²) in [5.41, 5.74) is 2.00. The van der Waals surface area contributed by atoms with Crippen LogP contribution in [0.4, 0.5) is 4.79 Å². The van der Waals surface area contributed by atoms with Gasteiger partial charge in [0.25, 0.3) is 0 Å². The lowest BCUT2D eigenvalue weighted by Gasteiger charge is -2.17. The zero-order valence-electron chi connectivity index (χ0n) is 14.5. The molecule has 1 saturated heterocycles. The maximum Gasteiger partial charge on any atom is 0.317 e. The van der Waals surface area contributed by atoms with Crippen molar-refractivity contribution in [3.05, 3.63) is 59.7 Å². The molecule has 2 amide bonds. The van der Waals surface area contributed by atoms with E-state index in [-0.39, 0.29) is 6.03 Å². The number of likely N-dealkylation sites (tertiary alicyclic amines) is 1. The van der Waals surface area contributed by atoms with Gasteiger partial charge in [0.15, 0.2) is 0 Å². The third kappa shape index (κ3) is 5.26. The van der Waals surface area contributed by atoms with Gasteiger partial charge in [0.05, 0.1) is 25.5 Å². The van der Waals surface area contributed by atoms with Crippen molar-refractivity contribution in [1.82, 2.24) is 20.2 Å². The molecule has 0 bridgehead atoms. The van der Waals surface area contributed by atoms with E-state index < -0.39 is 0 Å². The van der Waals surface area contributed by atoms with Gasteiger partial charge in [0.2, 0.25) is 0 Å². The third-order valence-electron chi connectivity index (χ3n) is 4.29. The molecule has 6 nitrogen and oxygen atoms in total. The van der Waals surface area contributed by atoms with Crippen LogP contribution >= 0.6 is 0 Å². The SMILES string of the molecule is Cc1nccc(CNC(=O)N2CCC(COCc3ccccc3)C2)n1. The molecule has 2 heterocycles. The average Bonchev–Trinajstić information content (AvgIpc) is 3.10. The number of nitrogens with zero attached hydrogens (tertiary/aromatic N) is 3. The highest BCUT2D eigenvalue weighted by atomic mass is 16.5. The maximum absolute atomic E-state index is 12.3. The lowest BCUT2D eigenvalue weighted by molar-refractivity contribution is 0.0897. The highest BCUT2D eigenvalue weighted by Gasteiger charge is 2.26. The van der Waals surface area contributed by atoms with Crippen LogP contribution in [0, 0.1) is 12.8 Å². The number of aryl methyl sites for hydroxylation is 1. The summed E-state index contributed by atoms with van der Waals surface area (Å²) in [7, 11) is 0. The first kappa shape index (κ1) is 17.4. The first-order valence-electron chi connectivity index (χ1n) is 8.63. The molecule has 1 aliphatic rings. The van der Waals surface area contributed by atoms with Gasteiger partial charge in [0.1, 0.15) is 5.82 Å². The lowest BCUT2D eigenvalue weighted by atomic mass is 10.1. The van der Waals surface area contributed by atoms with Gasteiger partial charge in [-0.25, -0.2) is 14.8 Å². The number of amides is 2. The van der Waals surface area contributed by atoms with Gasteiger partial charge in [-0.05, 0) is 25.0 Å². The van der Waals surface area contributed by atoms with Crippen LogP contribution in [0.1, 0.15) is 23.5 Å². The maximum atomic E-state index is 12.3. The second-order valence-electron chi connectivity index (χ2n) is 6.36. The van der Waals surface area contributed by atoms with E-state index in [1.54, 1.807) is 6.20 Å². The number of carbonyl (C=O) groups is 1. The summed E-state index contributed by atoms with van der Waals surface area (Å²) >= 11 is 0. The van der Waals surface area contributed by atoms with Gasteiger partial charge in [0, 0.05) is 25.2 Å². The molecule has 3 rings (SSSR count). The Morgan fingerprint density at radius 3 is 2.96 bits per heavy atom. The van der Waals surface area contributed by atoms with Crippen LogP contribution in [-0.2, 0) is 17.9 Å². The number of hydrogen-bond donors (Lipinski definition) is 1. The Morgan fingerprint density at radius 2 is 2.16 bits per heavy atom. The smallest absolute Gasteiger partial charge is 0.317 e. The van der Waals surface area contributed by atoms with Crippen molar-refractivity contribution in [3.8, 4) is 0 Å². The summed E-state index contributed by atoms with van der Waals surface area (Å²) in [6.07, 6.45) is 2.69. The molecule has 1 N–H and O–H groups in total. The molecule has 1 fully saturated rings. The van der Waals surface area contributed by atoms with Crippen molar-refractivity contribution < 1.29 is 9.53 Å². The van der Waals surface area contributed by atoms with Gasteiger partial charge in [-0.3, -0.25) is 0 Å². The summed E-state index contributed by atoms with van der Waals surface area (Å²) < 4.78 is 5.80. The minimum atomic E-state index is -0.0400. The van der Waals surface area contributed by atoms with Crippen molar-refractivity contribution >= 4 is 6.03 Å². The summed E-state index contributed by atoms with van der Waals surface area (Å²) in [5.74, 6) is 1.11. The van der Waals surface area contributed by atoms with E-state index in [1.807, 2.05) is 36.1 Å². The average molecular weight is 340 g/mol. The van der Waals surface area contributed by atoms with E-state index >= 15 is 0 Å². The molecule has 0 spiro atoms. The van der Waals surface area contributed by atoms with Crippen LogP contribution in [0.2, 0.25) is 0 Å². The summed E-state index contributed by atoms with van der Waals surface area (Å²) in [5, 5.41) is 2.93. The summed E-state index contributed by atoms with van der Waals surface area (Å²) in [4.78, 5) is 22.5. The van der Waals surface area contributed by atoms with Crippen LogP contribution in [0.25, 0.3) is 0 Å². The van der Waals surface area contributed by atoms with Crippen molar-refractivity contribution in [2.45, 2.75) is 26.5 Å². The summed E-state index contributed by atoms with van der Waals surface area (Å²) in [6, 6.07) is 11.9. The van der Waals surface area contributed by atoms with Gasteiger partial charge in [-0.1, -0.05) is 30.3 Å². The Hall–Kier alpha value is -2.47. The molecule has 25 heavy (non-hydrogen) atoms. The Labute approximate surface area is 148 Å². The number of aromatic nitrogens is 2. The fourth-order valence-electron chi connectivity index (χ4n) is 2.95. The first-order valence-corrected chi connectivity index (χ1v) is 8.63. The minimum absolute atomic E-state index is 0.0400. The first-order chi connectivity index (χ1) is 12.2. The molecular weight excluding hydrogens is 316 g/mol. The van der Waals surface area contributed by atoms with Crippen molar-refractivity contribution in [2.24, 2.45) is 5.92 Å². The van der Waals surface area contributed by atoms with Crippen LogP contribution in [0.5, 0.6) is 0 Å². The van der Waals surface area contributed by atoms with E-state index in [0.29, 0.717) is 31.5 Å². The Bertz CT molecular complexity index is 693. The van der Waals surface area contributed by atoms with Crippen LogP contribution in [-0.4, -0.2) is 40.6 Å². The van der Waals surface area contributed by atoms with Gasteiger partial charge < -0.3 is 15.0 Å². The topological polar surface area (TPSA) is 67.4 Å². The molecule has 132 valence electrons. The van der Waals surface area contributed by atoms with Crippen LogP contribution in [0.15, 0.2) is 42.6 Å². The van der Waals surface area contributed by atoms with Gasteiger partial charge >= 0.3 is 6.03 Å². The third-order valence-corrected chi connectivity index (χ3v) is 4.29. The number of benzene rings is 1. The second kappa shape index (κ2) is 8.58. The zero-order valence-corrected chi connectivity index (χ0v) is 14.5. The molecule has 1 aromatic heterocycles. The zero-order chi connectivity index (χ0) is 17.5. The molecule has 0 aliphatic carbocycles. The molecular formula is C19H24N4O2. The predicted octanol–water partition coefficient (Wildman–Crippen LogP) is 2.53. The number of urea groups is 1.